The predicted octanol–water partition coefficient (Wildman–Crippen LogP) is 11.2. The van der Waals surface area contributed by atoms with Gasteiger partial charge in [0.15, 0.2) is 0 Å². The van der Waals surface area contributed by atoms with Crippen molar-refractivity contribution in [1.82, 2.24) is 0 Å². The van der Waals surface area contributed by atoms with Gasteiger partial charge in [-0.05, 0) is 0 Å². The molecule has 0 aliphatic rings. The second kappa shape index (κ2) is 10.3. The Balaban J connectivity index is 1.38. The maximum absolute atomic E-state index is 2.43. The van der Waals surface area contributed by atoms with Gasteiger partial charge in [-0.1, -0.05) is 18.2 Å². The summed E-state index contributed by atoms with van der Waals surface area (Å²) in [5, 5.41) is 8.11. The van der Waals surface area contributed by atoms with E-state index < -0.39 is 0 Å². The van der Waals surface area contributed by atoms with Gasteiger partial charge in [0, 0.05) is 0 Å². The zero-order valence-electron chi connectivity index (χ0n) is 24.3. The van der Waals surface area contributed by atoms with Gasteiger partial charge in [-0.3, -0.25) is 0 Å². The summed E-state index contributed by atoms with van der Waals surface area (Å²) in [5.74, 6) is 0. The Labute approximate surface area is 258 Å². The van der Waals surface area contributed by atoms with E-state index >= 15 is 0 Å². The minimum absolute atomic E-state index is 0.133. The first-order chi connectivity index (χ1) is 21.1. The Morgan fingerprint density at radius 3 is 1.93 bits per heavy atom. The van der Waals surface area contributed by atoms with Crippen LogP contribution in [-0.2, 0) is 5.41 Å². The van der Waals surface area contributed by atoms with E-state index in [4.69, 9.17) is 0 Å². The van der Waals surface area contributed by atoms with E-state index in [0.717, 1.165) is 11.4 Å². The SMILES string of the molecule is CC(C)(c1ccccc1)c1cccc(N(c2ccccc2)c2cccc3c2ccc2ccc4c5ccccc5[se]c4c23)c1. The van der Waals surface area contributed by atoms with Crippen molar-refractivity contribution < 1.29 is 0 Å². The third kappa shape index (κ3) is 4.29. The summed E-state index contributed by atoms with van der Waals surface area (Å²) < 4.78 is 2.99. The average Bonchev–Trinajstić information content (AvgIpc) is 3.45. The topological polar surface area (TPSA) is 3.24 Å². The molecule has 1 aromatic heterocycles. The molecule has 0 spiro atoms. The summed E-state index contributed by atoms with van der Waals surface area (Å²) in [7, 11) is 0. The average molecular weight is 617 g/mol. The van der Waals surface area contributed by atoms with Crippen LogP contribution in [0.5, 0.6) is 0 Å². The van der Waals surface area contributed by atoms with Crippen molar-refractivity contribution in [3.63, 3.8) is 0 Å². The fourth-order valence-corrected chi connectivity index (χ4v) is 9.26. The van der Waals surface area contributed by atoms with E-state index in [1.165, 1.54) is 57.7 Å². The van der Waals surface area contributed by atoms with Crippen LogP contribution in [0.15, 0.2) is 152 Å². The third-order valence-corrected chi connectivity index (χ3v) is 11.5. The van der Waals surface area contributed by atoms with E-state index in [2.05, 4.69) is 170 Å². The molecule has 0 atom stereocenters. The number of fused-ring (bicyclic) bond motifs is 7. The van der Waals surface area contributed by atoms with E-state index in [-0.39, 0.29) is 19.9 Å². The molecule has 0 amide bonds. The Morgan fingerprint density at radius 1 is 0.488 bits per heavy atom. The number of anilines is 3. The van der Waals surface area contributed by atoms with Crippen LogP contribution in [0.4, 0.5) is 17.1 Å². The molecule has 0 aliphatic carbocycles. The van der Waals surface area contributed by atoms with E-state index in [1.807, 2.05) is 0 Å². The zero-order valence-corrected chi connectivity index (χ0v) is 26.0. The van der Waals surface area contributed by atoms with Gasteiger partial charge in [0.25, 0.3) is 0 Å². The van der Waals surface area contributed by atoms with E-state index in [9.17, 15) is 0 Å². The summed E-state index contributed by atoms with van der Waals surface area (Å²) >= 11 is 0.284. The van der Waals surface area contributed by atoms with Gasteiger partial charge in [-0.2, -0.15) is 0 Å². The Kier molecular flexibility index (Phi) is 6.22. The van der Waals surface area contributed by atoms with Crippen LogP contribution in [0, 0.1) is 0 Å². The number of para-hydroxylation sites is 1. The van der Waals surface area contributed by atoms with Crippen molar-refractivity contribution in [2.24, 2.45) is 0 Å². The molecule has 2 heteroatoms. The molecular formula is C41H31NSe. The van der Waals surface area contributed by atoms with Crippen molar-refractivity contribution in [3.8, 4) is 0 Å². The summed E-state index contributed by atoms with van der Waals surface area (Å²) in [6.07, 6.45) is 0. The molecule has 0 fully saturated rings. The van der Waals surface area contributed by atoms with Crippen LogP contribution >= 0.6 is 0 Å². The van der Waals surface area contributed by atoms with Gasteiger partial charge < -0.3 is 0 Å². The fourth-order valence-electron chi connectivity index (χ4n) is 6.59. The second-order valence-electron chi connectivity index (χ2n) is 11.8. The molecule has 1 heterocycles. The van der Waals surface area contributed by atoms with E-state index in [1.54, 1.807) is 0 Å². The predicted molar refractivity (Wildman–Crippen MR) is 187 cm³/mol. The standard InChI is InChI=1S/C41H31NSe/c1-41(2,29-13-5-3-6-14-29)30-15-11-18-32(27-30)42(31-16-7-4-8-17-31)37-21-12-20-35-33(37)25-23-28-24-26-36-34-19-9-10-22-38(34)43-40(36)39(28)35/h3-27H,1-2H3. The van der Waals surface area contributed by atoms with Gasteiger partial charge >= 0.3 is 241 Å². The van der Waals surface area contributed by atoms with Crippen molar-refractivity contribution in [1.29, 1.82) is 0 Å². The third-order valence-electron chi connectivity index (χ3n) is 8.94. The number of rotatable bonds is 5. The molecule has 0 radical (unpaired) electrons. The molecule has 0 bridgehead atoms. The van der Waals surface area contributed by atoms with Gasteiger partial charge in [0.2, 0.25) is 0 Å². The van der Waals surface area contributed by atoms with Gasteiger partial charge in [0.05, 0.1) is 0 Å². The molecular weight excluding hydrogens is 585 g/mol. The van der Waals surface area contributed by atoms with Crippen LogP contribution < -0.4 is 4.90 Å². The number of benzene rings is 7. The van der Waals surface area contributed by atoms with Crippen LogP contribution in [0.2, 0.25) is 0 Å². The number of hydrogen-bond acceptors (Lipinski definition) is 1. The fraction of sp³-hybridized carbons (Fsp3) is 0.0732. The molecule has 0 aliphatic heterocycles. The van der Waals surface area contributed by atoms with Crippen LogP contribution in [0.1, 0.15) is 25.0 Å². The first-order valence-electron chi connectivity index (χ1n) is 14.9. The van der Waals surface area contributed by atoms with Crippen molar-refractivity contribution in [2.45, 2.75) is 19.3 Å². The molecule has 8 aromatic rings. The Morgan fingerprint density at radius 2 is 1.12 bits per heavy atom. The number of nitrogens with zero attached hydrogens (tertiary/aromatic N) is 1. The molecule has 0 saturated carbocycles. The van der Waals surface area contributed by atoms with E-state index in [0.29, 0.717) is 0 Å². The second-order valence-corrected chi connectivity index (χ2v) is 14.0. The van der Waals surface area contributed by atoms with Gasteiger partial charge in [0.1, 0.15) is 0 Å². The van der Waals surface area contributed by atoms with Crippen molar-refractivity contribution >= 4 is 72.4 Å². The molecule has 0 unspecified atom stereocenters. The van der Waals surface area contributed by atoms with Gasteiger partial charge in [-0.25, -0.2) is 0 Å². The first kappa shape index (κ1) is 26.0. The Hall–Kier alpha value is -4.62. The molecule has 1 nitrogen and oxygen atoms in total. The van der Waals surface area contributed by atoms with Gasteiger partial charge in [-0.15, -0.1) is 0 Å². The maximum atomic E-state index is 2.43. The molecule has 8 rings (SSSR count). The van der Waals surface area contributed by atoms with Crippen LogP contribution in [-0.4, -0.2) is 14.5 Å². The van der Waals surface area contributed by atoms with Crippen LogP contribution in [0.3, 0.4) is 0 Å². The molecule has 7 aromatic carbocycles. The Bertz CT molecular complexity index is 2260. The quantitative estimate of drug-likeness (QED) is 0.137. The normalized spacial score (nSPS) is 12.0. The first-order valence-corrected chi connectivity index (χ1v) is 16.6. The zero-order chi connectivity index (χ0) is 29.0. The molecule has 206 valence electrons. The summed E-state index contributed by atoms with van der Waals surface area (Å²) in [6.45, 7) is 4.64. The minimum atomic E-state index is -0.133. The van der Waals surface area contributed by atoms with Crippen molar-refractivity contribution in [3.05, 3.63) is 163 Å². The molecule has 0 saturated heterocycles. The molecule has 43 heavy (non-hydrogen) atoms. The molecule has 0 N–H and O–H groups in total. The summed E-state index contributed by atoms with van der Waals surface area (Å²) in [4.78, 5) is 2.43. The monoisotopic (exact) mass is 617 g/mol. The van der Waals surface area contributed by atoms with Crippen LogP contribution in [0.25, 0.3) is 40.8 Å². The van der Waals surface area contributed by atoms with Crippen molar-refractivity contribution in [2.75, 3.05) is 4.90 Å². The summed E-state index contributed by atoms with van der Waals surface area (Å²) in [5.41, 5.74) is 5.98. The summed E-state index contributed by atoms with van der Waals surface area (Å²) in [6, 6.07) is 55.7. The number of hydrogen-bond donors (Lipinski definition) is 0.